The Hall–Kier alpha value is -0.910. The standard InChI is InChI=1S/C15H27N3O2/c1-11-14(12(2)18(17-11)7-8-19)9-16-10-15(20)13-5-3-4-6-13/h13,15-16,19-20H,3-10H2,1-2H3. The first kappa shape index (κ1) is 15.5. The second-order valence-electron chi connectivity index (χ2n) is 5.84. The van der Waals surface area contributed by atoms with Gasteiger partial charge in [-0.2, -0.15) is 5.10 Å². The van der Waals surface area contributed by atoms with Crippen LogP contribution >= 0.6 is 0 Å². The molecule has 5 nitrogen and oxygen atoms in total. The van der Waals surface area contributed by atoms with Crippen molar-refractivity contribution in [1.29, 1.82) is 0 Å². The Morgan fingerprint density at radius 1 is 1.35 bits per heavy atom. The number of nitrogens with zero attached hydrogens (tertiary/aromatic N) is 2. The molecule has 1 heterocycles. The third-order valence-electron chi connectivity index (χ3n) is 4.44. The summed E-state index contributed by atoms with van der Waals surface area (Å²) in [4.78, 5) is 0. The summed E-state index contributed by atoms with van der Waals surface area (Å²) >= 11 is 0. The summed E-state index contributed by atoms with van der Waals surface area (Å²) in [6.07, 6.45) is 4.61. The third-order valence-corrected chi connectivity index (χ3v) is 4.44. The van der Waals surface area contributed by atoms with E-state index in [1.165, 1.54) is 18.4 Å². The average molecular weight is 281 g/mol. The van der Waals surface area contributed by atoms with E-state index in [1.807, 2.05) is 18.5 Å². The van der Waals surface area contributed by atoms with E-state index in [0.717, 1.165) is 30.8 Å². The fourth-order valence-corrected chi connectivity index (χ4v) is 3.16. The molecule has 0 aliphatic heterocycles. The molecule has 114 valence electrons. The van der Waals surface area contributed by atoms with Crippen molar-refractivity contribution in [3.63, 3.8) is 0 Å². The van der Waals surface area contributed by atoms with Gasteiger partial charge in [0.1, 0.15) is 0 Å². The molecule has 1 unspecified atom stereocenters. The first-order chi connectivity index (χ1) is 9.63. The summed E-state index contributed by atoms with van der Waals surface area (Å²) in [5.41, 5.74) is 3.27. The fraction of sp³-hybridized carbons (Fsp3) is 0.800. The molecule has 1 atom stereocenters. The maximum atomic E-state index is 10.1. The molecule has 1 aromatic rings. The van der Waals surface area contributed by atoms with E-state index in [2.05, 4.69) is 10.4 Å². The molecule has 5 heteroatoms. The molecular formula is C15H27N3O2. The molecule has 1 aliphatic rings. The molecule has 0 spiro atoms. The molecule has 0 saturated heterocycles. The molecule has 2 rings (SSSR count). The van der Waals surface area contributed by atoms with Crippen molar-refractivity contribution in [3.8, 4) is 0 Å². The highest BCUT2D eigenvalue weighted by atomic mass is 16.3. The molecule has 20 heavy (non-hydrogen) atoms. The zero-order chi connectivity index (χ0) is 14.5. The number of hydrogen-bond donors (Lipinski definition) is 3. The van der Waals surface area contributed by atoms with Gasteiger partial charge in [0.15, 0.2) is 0 Å². The summed E-state index contributed by atoms with van der Waals surface area (Å²) in [7, 11) is 0. The number of aliphatic hydroxyl groups is 2. The highest BCUT2D eigenvalue weighted by Crippen LogP contribution is 2.27. The van der Waals surface area contributed by atoms with Gasteiger partial charge in [-0.1, -0.05) is 12.8 Å². The van der Waals surface area contributed by atoms with Crippen LogP contribution in [-0.2, 0) is 13.1 Å². The lowest BCUT2D eigenvalue weighted by molar-refractivity contribution is 0.109. The van der Waals surface area contributed by atoms with Gasteiger partial charge in [0.25, 0.3) is 0 Å². The summed E-state index contributed by atoms with van der Waals surface area (Å²) < 4.78 is 1.85. The number of nitrogens with one attached hydrogen (secondary N) is 1. The van der Waals surface area contributed by atoms with E-state index in [1.54, 1.807) is 0 Å². The fourth-order valence-electron chi connectivity index (χ4n) is 3.16. The quantitative estimate of drug-likeness (QED) is 0.701. The van der Waals surface area contributed by atoms with Gasteiger partial charge in [0, 0.05) is 24.3 Å². The van der Waals surface area contributed by atoms with Crippen LogP contribution < -0.4 is 5.32 Å². The molecular weight excluding hydrogens is 254 g/mol. The first-order valence-electron chi connectivity index (χ1n) is 7.66. The van der Waals surface area contributed by atoms with Crippen molar-refractivity contribution < 1.29 is 10.2 Å². The molecule has 1 aromatic heterocycles. The maximum absolute atomic E-state index is 10.1. The lowest BCUT2D eigenvalue weighted by atomic mass is 10.0. The predicted molar refractivity (Wildman–Crippen MR) is 78.5 cm³/mol. The molecule has 0 bridgehead atoms. The average Bonchev–Trinajstić information content (AvgIpc) is 3.03. The molecule has 3 N–H and O–H groups in total. The van der Waals surface area contributed by atoms with Crippen LogP contribution in [0.5, 0.6) is 0 Å². The SMILES string of the molecule is Cc1nn(CCO)c(C)c1CNCC(O)C1CCCC1. The van der Waals surface area contributed by atoms with E-state index < -0.39 is 0 Å². The van der Waals surface area contributed by atoms with Crippen LogP contribution in [0.2, 0.25) is 0 Å². The van der Waals surface area contributed by atoms with Crippen molar-refractivity contribution in [2.75, 3.05) is 13.2 Å². The first-order valence-corrected chi connectivity index (χ1v) is 7.66. The third kappa shape index (κ3) is 3.59. The minimum atomic E-state index is -0.231. The van der Waals surface area contributed by atoms with E-state index in [0.29, 0.717) is 19.0 Å². The van der Waals surface area contributed by atoms with Gasteiger partial charge in [-0.25, -0.2) is 0 Å². The second kappa shape index (κ2) is 7.20. The summed E-state index contributed by atoms with van der Waals surface area (Å²) in [5.74, 6) is 0.474. The van der Waals surface area contributed by atoms with E-state index in [4.69, 9.17) is 5.11 Å². The Morgan fingerprint density at radius 3 is 2.70 bits per heavy atom. The largest absolute Gasteiger partial charge is 0.394 e. The van der Waals surface area contributed by atoms with Crippen LogP contribution in [0.15, 0.2) is 0 Å². The number of aryl methyl sites for hydroxylation is 1. The highest BCUT2D eigenvalue weighted by molar-refractivity contribution is 5.24. The van der Waals surface area contributed by atoms with E-state index in [-0.39, 0.29) is 12.7 Å². The van der Waals surface area contributed by atoms with E-state index >= 15 is 0 Å². The van der Waals surface area contributed by atoms with Gasteiger partial charge in [-0.3, -0.25) is 4.68 Å². The molecule has 1 saturated carbocycles. The Morgan fingerprint density at radius 2 is 2.05 bits per heavy atom. The maximum Gasteiger partial charge on any atom is 0.0692 e. The van der Waals surface area contributed by atoms with Crippen LogP contribution in [0.1, 0.15) is 42.6 Å². The van der Waals surface area contributed by atoms with Gasteiger partial charge in [0.2, 0.25) is 0 Å². The lowest BCUT2D eigenvalue weighted by Gasteiger charge is -2.18. The Labute approximate surface area is 121 Å². The normalized spacial score (nSPS) is 17.8. The van der Waals surface area contributed by atoms with Crippen LogP contribution in [-0.4, -0.2) is 39.2 Å². The summed E-state index contributed by atoms with van der Waals surface area (Å²) in [5, 5.41) is 26.9. The van der Waals surface area contributed by atoms with E-state index in [9.17, 15) is 5.11 Å². The second-order valence-corrected chi connectivity index (χ2v) is 5.84. The zero-order valence-electron chi connectivity index (χ0n) is 12.6. The van der Waals surface area contributed by atoms with Crippen LogP contribution in [0, 0.1) is 19.8 Å². The Balaban J connectivity index is 1.84. The van der Waals surface area contributed by atoms with Crippen LogP contribution in [0.25, 0.3) is 0 Å². The van der Waals surface area contributed by atoms with Crippen molar-refractivity contribution in [1.82, 2.24) is 15.1 Å². The number of aliphatic hydroxyl groups excluding tert-OH is 2. The smallest absolute Gasteiger partial charge is 0.0692 e. The van der Waals surface area contributed by atoms with Crippen molar-refractivity contribution in [2.24, 2.45) is 5.92 Å². The number of aromatic nitrogens is 2. The summed E-state index contributed by atoms with van der Waals surface area (Å²) in [6, 6.07) is 0. The topological polar surface area (TPSA) is 70.3 Å². The van der Waals surface area contributed by atoms with Crippen molar-refractivity contribution >= 4 is 0 Å². The zero-order valence-corrected chi connectivity index (χ0v) is 12.6. The minimum Gasteiger partial charge on any atom is -0.394 e. The molecule has 1 aliphatic carbocycles. The highest BCUT2D eigenvalue weighted by Gasteiger charge is 2.22. The van der Waals surface area contributed by atoms with Gasteiger partial charge in [0.05, 0.1) is 24.9 Å². The molecule has 0 amide bonds. The van der Waals surface area contributed by atoms with Crippen molar-refractivity contribution in [3.05, 3.63) is 17.0 Å². The summed E-state index contributed by atoms with van der Waals surface area (Å²) in [6.45, 7) is 6.04. The minimum absolute atomic E-state index is 0.106. The molecule has 0 aromatic carbocycles. The number of hydrogen-bond acceptors (Lipinski definition) is 4. The molecule has 1 fully saturated rings. The van der Waals surface area contributed by atoms with Gasteiger partial charge in [-0.15, -0.1) is 0 Å². The van der Waals surface area contributed by atoms with Crippen LogP contribution in [0.4, 0.5) is 0 Å². The van der Waals surface area contributed by atoms with Crippen LogP contribution in [0.3, 0.4) is 0 Å². The lowest BCUT2D eigenvalue weighted by Crippen LogP contribution is -2.31. The Bertz CT molecular complexity index is 425. The van der Waals surface area contributed by atoms with Gasteiger partial charge < -0.3 is 15.5 Å². The number of rotatable bonds is 7. The molecule has 0 radical (unpaired) electrons. The predicted octanol–water partition coefficient (Wildman–Crippen LogP) is 1.13. The van der Waals surface area contributed by atoms with Gasteiger partial charge >= 0.3 is 0 Å². The monoisotopic (exact) mass is 281 g/mol. The van der Waals surface area contributed by atoms with Gasteiger partial charge in [-0.05, 0) is 32.6 Å². The van der Waals surface area contributed by atoms with Crippen molar-refractivity contribution in [2.45, 2.75) is 58.7 Å². The Kier molecular flexibility index (Phi) is 5.57.